The minimum absolute atomic E-state index is 0.514. The lowest BCUT2D eigenvalue weighted by molar-refractivity contribution is 1.33. The van der Waals surface area contributed by atoms with Gasteiger partial charge in [0, 0.05) is 11.8 Å². The van der Waals surface area contributed by atoms with E-state index in [4.69, 9.17) is 5.73 Å². The van der Waals surface area contributed by atoms with Crippen LogP contribution in [0.1, 0.15) is 12.5 Å². The fourth-order valence-corrected chi connectivity index (χ4v) is 0.670. The molecule has 10 heavy (non-hydrogen) atoms. The zero-order valence-corrected chi connectivity index (χ0v) is 5.76. The number of nitrogens with zero attached hydrogens (tertiary/aromatic N) is 1. The van der Waals surface area contributed by atoms with Crippen LogP contribution in [0.15, 0.2) is 18.3 Å². The number of anilines is 1. The van der Waals surface area contributed by atoms with E-state index in [0.29, 0.717) is 5.82 Å². The predicted octanol–water partition coefficient (Wildman–Crippen LogP) is 1.04. The fraction of sp³-hybridized carbons (Fsp3) is 0.125. The first-order valence-corrected chi connectivity index (χ1v) is 2.97. The maximum absolute atomic E-state index is 5.41. The summed E-state index contributed by atoms with van der Waals surface area (Å²) in [4.78, 5) is 3.83. The molecule has 0 saturated heterocycles. The molecule has 0 saturated carbocycles. The second-order valence-electron chi connectivity index (χ2n) is 1.84. The first-order chi connectivity index (χ1) is 4.83. The average Bonchev–Trinajstić information content (AvgIpc) is 1.88. The zero-order valence-electron chi connectivity index (χ0n) is 5.76. The van der Waals surface area contributed by atoms with Crippen molar-refractivity contribution in [2.24, 2.45) is 0 Å². The van der Waals surface area contributed by atoms with E-state index in [9.17, 15) is 0 Å². The number of rotatable bonds is 0. The third kappa shape index (κ3) is 1.49. The molecule has 1 rings (SSSR count). The van der Waals surface area contributed by atoms with E-state index in [1.807, 2.05) is 6.07 Å². The molecule has 0 amide bonds. The standard InChI is InChI=1S/C8H8N2/c1-2-3-7-4-5-10-8(9)6-7/h4-6H,1H3,(H2,9,10). The van der Waals surface area contributed by atoms with Crippen LogP contribution in [0, 0.1) is 11.8 Å². The van der Waals surface area contributed by atoms with Gasteiger partial charge in [-0.05, 0) is 19.1 Å². The molecule has 50 valence electrons. The van der Waals surface area contributed by atoms with Gasteiger partial charge in [0.1, 0.15) is 5.82 Å². The molecule has 0 unspecified atom stereocenters. The molecule has 2 heteroatoms. The van der Waals surface area contributed by atoms with Crippen molar-refractivity contribution in [2.75, 3.05) is 5.73 Å². The van der Waals surface area contributed by atoms with Gasteiger partial charge < -0.3 is 5.73 Å². The second-order valence-corrected chi connectivity index (χ2v) is 1.84. The van der Waals surface area contributed by atoms with Gasteiger partial charge in [-0.2, -0.15) is 0 Å². The summed E-state index contributed by atoms with van der Waals surface area (Å²) in [6, 6.07) is 3.57. The maximum atomic E-state index is 5.41. The number of aromatic nitrogens is 1. The monoisotopic (exact) mass is 132 g/mol. The summed E-state index contributed by atoms with van der Waals surface area (Å²) < 4.78 is 0. The summed E-state index contributed by atoms with van der Waals surface area (Å²) in [5.74, 6) is 6.17. The molecule has 0 radical (unpaired) electrons. The molecule has 0 aromatic carbocycles. The molecule has 1 aromatic heterocycles. The van der Waals surface area contributed by atoms with E-state index < -0.39 is 0 Å². The van der Waals surface area contributed by atoms with E-state index in [2.05, 4.69) is 16.8 Å². The summed E-state index contributed by atoms with van der Waals surface area (Å²) in [7, 11) is 0. The molecule has 0 bridgehead atoms. The van der Waals surface area contributed by atoms with E-state index in [1.165, 1.54) is 0 Å². The molecule has 1 heterocycles. The third-order valence-electron chi connectivity index (χ3n) is 1.05. The van der Waals surface area contributed by atoms with Crippen molar-refractivity contribution in [1.29, 1.82) is 0 Å². The van der Waals surface area contributed by atoms with Gasteiger partial charge in [-0.25, -0.2) is 4.98 Å². The summed E-state index contributed by atoms with van der Waals surface area (Å²) >= 11 is 0. The highest BCUT2D eigenvalue weighted by Crippen LogP contribution is 1.99. The maximum Gasteiger partial charge on any atom is 0.124 e. The lowest BCUT2D eigenvalue weighted by atomic mass is 10.3. The van der Waals surface area contributed by atoms with Gasteiger partial charge in [-0.1, -0.05) is 5.92 Å². The van der Waals surface area contributed by atoms with Crippen molar-refractivity contribution in [3.05, 3.63) is 23.9 Å². The Morgan fingerprint density at radius 3 is 3.00 bits per heavy atom. The number of hydrogen-bond acceptors (Lipinski definition) is 2. The van der Waals surface area contributed by atoms with Crippen LogP contribution in [0.3, 0.4) is 0 Å². The van der Waals surface area contributed by atoms with Gasteiger partial charge >= 0.3 is 0 Å². The van der Waals surface area contributed by atoms with Crippen LogP contribution in [-0.4, -0.2) is 4.98 Å². The molecule has 0 fully saturated rings. The first kappa shape index (κ1) is 6.63. The molecule has 0 aliphatic carbocycles. The number of nitrogen functional groups attached to an aromatic ring is 1. The van der Waals surface area contributed by atoms with Crippen LogP contribution in [0.2, 0.25) is 0 Å². The lowest BCUT2D eigenvalue weighted by Gasteiger charge is -1.90. The molecule has 0 spiro atoms. The Bertz CT molecular complexity index is 281. The van der Waals surface area contributed by atoms with E-state index in [1.54, 1.807) is 19.2 Å². The summed E-state index contributed by atoms with van der Waals surface area (Å²) in [6.07, 6.45) is 1.65. The zero-order chi connectivity index (χ0) is 7.40. The van der Waals surface area contributed by atoms with Crippen LogP contribution in [-0.2, 0) is 0 Å². The average molecular weight is 132 g/mol. The molecule has 0 aliphatic heterocycles. The normalized spacial score (nSPS) is 8.10. The van der Waals surface area contributed by atoms with Gasteiger partial charge in [-0.15, -0.1) is 5.92 Å². The van der Waals surface area contributed by atoms with Crippen molar-refractivity contribution >= 4 is 5.82 Å². The predicted molar refractivity (Wildman–Crippen MR) is 41.2 cm³/mol. The van der Waals surface area contributed by atoms with Gasteiger partial charge in [0.05, 0.1) is 0 Å². The molecule has 0 aliphatic rings. The smallest absolute Gasteiger partial charge is 0.124 e. The van der Waals surface area contributed by atoms with Crippen LogP contribution in [0.5, 0.6) is 0 Å². The van der Waals surface area contributed by atoms with Gasteiger partial charge in [0.2, 0.25) is 0 Å². The Morgan fingerprint density at radius 2 is 2.40 bits per heavy atom. The van der Waals surface area contributed by atoms with Crippen molar-refractivity contribution in [2.45, 2.75) is 6.92 Å². The van der Waals surface area contributed by atoms with Crippen molar-refractivity contribution in [1.82, 2.24) is 4.98 Å². The first-order valence-electron chi connectivity index (χ1n) is 2.97. The van der Waals surface area contributed by atoms with Crippen molar-refractivity contribution in [3.8, 4) is 11.8 Å². The van der Waals surface area contributed by atoms with Crippen LogP contribution in [0.4, 0.5) is 5.82 Å². The highest BCUT2D eigenvalue weighted by molar-refractivity contribution is 5.41. The largest absolute Gasteiger partial charge is 0.384 e. The van der Waals surface area contributed by atoms with Gasteiger partial charge in [-0.3, -0.25) is 0 Å². The summed E-state index contributed by atoms with van der Waals surface area (Å²) in [6.45, 7) is 1.79. The van der Waals surface area contributed by atoms with Crippen LogP contribution < -0.4 is 5.73 Å². The molecule has 0 atom stereocenters. The minimum Gasteiger partial charge on any atom is -0.384 e. The molecular formula is C8H8N2. The Hall–Kier alpha value is -1.49. The van der Waals surface area contributed by atoms with E-state index in [-0.39, 0.29) is 0 Å². The molecular weight excluding hydrogens is 124 g/mol. The van der Waals surface area contributed by atoms with Gasteiger partial charge in [0.15, 0.2) is 0 Å². The SMILES string of the molecule is CC#Cc1ccnc(N)c1. The lowest BCUT2D eigenvalue weighted by Crippen LogP contribution is -1.88. The Morgan fingerprint density at radius 1 is 1.60 bits per heavy atom. The Labute approximate surface area is 60.1 Å². The fourth-order valence-electron chi connectivity index (χ4n) is 0.670. The van der Waals surface area contributed by atoms with Crippen LogP contribution >= 0.6 is 0 Å². The number of nitrogens with two attached hydrogens (primary N) is 1. The topological polar surface area (TPSA) is 38.9 Å². The summed E-state index contributed by atoms with van der Waals surface area (Å²) in [5.41, 5.74) is 6.32. The summed E-state index contributed by atoms with van der Waals surface area (Å²) in [5, 5.41) is 0. The second kappa shape index (κ2) is 2.88. The van der Waals surface area contributed by atoms with Crippen molar-refractivity contribution < 1.29 is 0 Å². The van der Waals surface area contributed by atoms with E-state index >= 15 is 0 Å². The quantitative estimate of drug-likeness (QED) is 0.535. The molecule has 2 nitrogen and oxygen atoms in total. The van der Waals surface area contributed by atoms with E-state index in [0.717, 1.165) is 5.56 Å². The minimum atomic E-state index is 0.514. The van der Waals surface area contributed by atoms with Crippen molar-refractivity contribution in [3.63, 3.8) is 0 Å². The Balaban J connectivity index is 3.03. The number of hydrogen-bond donors (Lipinski definition) is 1. The van der Waals surface area contributed by atoms with Crippen LogP contribution in [0.25, 0.3) is 0 Å². The molecule has 1 aromatic rings. The highest BCUT2D eigenvalue weighted by atomic mass is 14.8. The number of pyridine rings is 1. The molecule has 2 N–H and O–H groups in total. The highest BCUT2D eigenvalue weighted by Gasteiger charge is 1.86. The third-order valence-corrected chi connectivity index (χ3v) is 1.05. The van der Waals surface area contributed by atoms with Gasteiger partial charge in [0.25, 0.3) is 0 Å². The Kier molecular flexibility index (Phi) is 1.91.